The average molecular weight is 310 g/mol. The van der Waals surface area contributed by atoms with Crippen LogP contribution in [-0.4, -0.2) is 23.4 Å². The summed E-state index contributed by atoms with van der Waals surface area (Å²) in [4.78, 5) is 0. The molecule has 3 N–H and O–H groups in total. The van der Waals surface area contributed by atoms with E-state index in [2.05, 4.69) is 26.1 Å². The van der Waals surface area contributed by atoms with Gasteiger partial charge in [0.2, 0.25) is 0 Å². The zero-order chi connectivity index (χ0) is 12.7. The molecule has 2 aromatic rings. The first kappa shape index (κ1) is 11.4. The highest BCUT2D eigenvalue weighted by Gasteiger charge is 2.20. The second-order valence-corrected chi connectivity index (χ2v) is 4.89. The molecule has 0 radical (unpaired) electrons. The monoisotopic (exact) mass is 309 g/mol. The van der Waals surface area contributed by atoms with Crippen molar-refractivity contribution in [1.29, 1.82) is 0 Å². The minimum Gasteiger partial charge on any atom is -0.486 e. The van der Waals surface area contributed by atoms with Crippen molar-refractivity contribution in [2.75, 3.05) is 18.9 Å². The van der Waals surface area contributed by atoms with Gasteiger partial charge < -0.3 is 15.2 Å². The molecule has 0 saturated heterocycles. The van der Waals surface area contributed by atoms with Gasteiger partial charge in [-0.25, -0.2) is 0 Å². The first-order valence-electron chi connectivity index (χ1n) is 5.57. The molecule has 3 rings (SSSR count). The zero-order valence-corrected chi connectivity index (χ0v) is 11.4. The van der Waals surface area contributed by atoms with Gasteiger partial charge >= 0.3 is 0 Å². The molecule has 0 saturated carbocycles. The van der Waals surface area contributed by atoms with Crippen LogP contribution < -0.4 is 15.2 Å². The molecule has 0 atom stereocenters. The Morgan fingerprint density at radius 2 is 2.11 bits per heavy atom. The largest absolute Gasteiger partial charge is 0.486 e. The van der Waals surface area contributed by atoms with Crippen molar-refractivity contribution in [1.82, 2.24) is 10.2 Å². The Morgan fingerprint density at radius 3 is 2.83 bits per heavy atom. The number of anilines is 1. The third kappa shape index (κ3) is 1.73. The summed E-state index contributed by atoms with van der Waals surface area (Å²) in [6, 6.07) is 3.74. The quantitative estimate of drug-likeness (QED) is 0.849. The van der Waals surface area contributed by atoms with E-state index in [1.54, 1.807) is 6.07 Å². The Balaban J connectivity index is 2.18. The van der Waals surface area contributed by atoms with E-state index in [4.69, 9.17) is 15.2 Å². The molecule has 0 spiro atoms. The second-order valence-electron chi connectivity index (χ2n) is 4.09. The number of hydrogen-bond acceptors (Lipinski definition) is 4. The summed E-state index contributed by atoms with van der Waals surface area (Å²) >= 11 is 3.55. The average Bonchev–Trinajstić information content (AvgIpc) is 2.80. The molecule has 0 unspecified atom stereocenters. The maximum atomic E-state index is 5.63. The summed E-state index contributed by atoms with van der Waals surface area (Å²) in [5, 5.41) is 6.85. The highest BCUT2D eigenvalue weighted by atomic mass is 79.9. The smallest absolute Gasteiger partial charge is 0.175 e. The first-order valence-corrected chi connectivity index (χ1v) is 6.36. The summed E-state index contributed by atoms with van der Waals surface area (Å²) in [6.07, 6.45) is 0. The van der Waals surface area contributed by atoms with Gasteiger partial charge in [-0.15, -0.1) is 0 Å². The van der Waals surface area contributed by atoms with E-state index in [9.17, 15) is 0 Å². The van der Waals surface area contributed by atoms with Crippen LogP contribution in [0.3, 0.4) is 0 Å². The lowest BCUT2D eigenvalue weighted by atomic mass is 10.0. The van der Waals surface area contributed by atoms with Crippen molar-refractivity contribution in [2.45, 2.75) is 6.92 Å². The molecule has 6 heteroatoms. The number of nitrogens with zero attached hydrogens (tertiary/aromatic N) is 1. The van der Waals surface area contributed by atoms with Crippen molar-refractivity contribution in [3.63, 3.8) is 0 Å². The van der Waals surface area contributed by atoms with Crippen LogP contribution >= 0.6 is 15.9 Å². The van der Waals surface area contributed by atoms with Crippen LogP contribution in [0, 0.1) is 6.92 Å². The number of hydrogen-bond donors (Lipinski definition) is 2. The summed E-state index contributed by atoms with van der Waals surface area (Å²) in [7, 11) is 0. The maximum Gasteiger partial charge on any atom is 0.175 e. The van der Waals surface area contributed by atoms with Crippen molar-refractivity contribution >= 4 is 21.7 Å². The van der Waals surface area contributed by atoms with E-state index >= 15 is 0 Å². The fourth-order valence-corrected chi connectivity index (χ4v) is 2.52. The van der Waals surface area contributed by atoms with Gasteiger partial charge in [0.15, 0.2) is 11.5 Å². The number of nitrogen functional groups attached to an aromatic ring is 1. The molecule has 1 aliphatic rings. The molecule has 0 aliphatic carbocycles. The van der Waals surface area contributed by atoms with E-state index in [0.717, 1.165) is 32.8 Å². The SMILES string of the molecule is Cc1c(-c2cc(N)n[nH]2)cc2c(c1Br)OCCO2. The van der Waals surface area contributed by atoms with E-state index in [1.807, 2.05) is 13.0 Å². The number of benzene rings is 1. The summed E-state index contributed by atoms with van der Waals surface area (Å²) in [5.74, 6) is 1.97. The third-order valence-electron chi connectivity index (χ3n) is 2.91. The number of ether oxygens (including phenoxy) is 2. The van der Waals surface area contributed by atoms with Gasteiger partial charge in [-0.1, -0.05) is 0 Å². The van der Waals surface area contributed by atoms with E-state index in [1.165, 1.54) is 0 Å². The van der Waals surface area contributed by atoms with Crippen LogP contribution in [0.4, 0.5) is 5.82 Å². The molecule has 18 heavy (non-hydrogen) atoms. The Morgan fingerprint density at radius 1 is 1.33 bits per heavy atom. The number of rotatable bonds is 1. The Labute approximate surface area is 112 Å². The molecular weight excluding hydrogens is 298 g/mol. The zero-order valence-electron chi connectivity index (χ0n) is 9.79. The maximum absolute atomic E-state index is 5.63. The van der Waals surface area contributed by atoms with Gasteiger partial charge in [-0.2, -0.15) is 5.10 Å². The number of H-pyrrole nitrogens is 1. The minimum absolute atomic E-state index is 0.468. The van der Waals surface area contributed by atoms with Crippen molar-refractivity contribution in [3.05, 3.63) is 22.2 Å². The van der Waals surface area contributed by atoms with Crippen LogP contribution in [-0.2, 0) is 0 Å². The molecule has 5 nitrogen and oxygen atoms in total. The normalized spacial score (nSPS) is 13.7. The Hall–Kier alpha value is -1.69. The molecule has 2 heterocycles. The van der Waals surface area contributed by atoms with Crippen LogP contribution in [0.2, 0.25) is 0 Å². The lowest BCUT2D eigenvalue weighted by Crippen LogP contribution is -2.16. The molecule has 1 aromatic carbocycles. The fourth-order valence-electron chi connectivity index (χ4n) is 1.99. The van der Waals surface area contributed by atoms with Crippen LogP contribution in [0.25, 0.3) is 11.3 Å². The lowest BCUT2D eigenvalue weighted by molar-refractivity contribution is 0.170. The van der Waals surface area contributed by atoms with Crippen molar-refractivity contribution in [3.8, 4) is 22.8 Å². The van der Waals surface area contributed by atoms with Gasteiger partial charge in [0.05, 0.1) is 10.2 Å². The fraction of sp³-hybridized carbons (Fsp3) is 0.250. The standard InChI is InChI=1S/C12H12BrN3O2/c1-6-7(8-5-10(14)16-15-8)4-9-12(11(6)13)18-3-2-17-9/h4-5H,2-3H2,1H3,(H3,14,15,16). The lowest BCUT2D eigenvalue weighted by Gasteiger charge is -2.22. The molecule has 0 amide bonds. The third-order valence-corrected chi connectivity index (χ3v) is 3.86. The number of aromatic amines is 1. The second kappa shape index (κ2) is 4.20. The number of nitrogens with one attached hydrogen (secondary N) is 1. The molecule has 1 aromatic heterocycles. The Kier molecular flexibility index (Phi) is 2.66. The van der Waals surface area contributed by atoms with E-state index in [-0.39, 0.29) is 0 Å². The summed E-state index contributed by atoms with van der Waals surface area (Å²) in [5.41, 5.74) is 8.55. The van der Waals surface area contributed by atoms with Gasteiger partial charge in [0.25, 0.3) is 0 Å². The van der Waals surface area contributed by atoms with Crippen LogP contribution in [0.1, 0.15) is 5.56 Å². The number of aromatic nitrogens is 2. The summed E-state index contributed by atoms with van der Waals surface area (Å²) in [6.45, 7) is 3.14. The predicted molar refractivity (Wildman–Crippen MR) is 71.9 cm³/mol. The molecule has 94 valence electrons. The van der Waals surface area contributed by atoms with Crippen molar-refractivity contribution < 1.29 is 9.47 Å². The molecular formula is C12H12BrN3O2. The molecule has 0 bridgehead atoms. The number of nitrogens with two attached hydrogens (primary N) is 1. The molecule has 0 fully saturated rings. The topological polar surface area (TPSA) is 73.2 Å². The van der Waals surface area contributed by atoms with Crippen LogP contribution in [0.5, 0.6) is 11.5 Å². The van der Waals surface area contributed by atoms with Crippen LogP contribution in [0.15, 0.2) is 16.6 Å². The first-order chi connectivity index (χ1) is 8.66. The minimum atomic E-state index is 0.468. The van der Waals surface area contributed by atoms with Crippen molar-refractivity contribution in [2.24, 2.45) is 0 Å². The van der Waals surface area contributed by atoms with Gasteiger partial charge in [-0.05, 0) is 34.5 Å². The highest BCUT2D eigenvalue weighted by Crippen LogP contribution is 2.44. The Bertz CT molecular complexity index is 610. The number of halogens is 1. The van der Waals surface area contributed by atoms with E-state index in [0.29, 0.717) is 19.0 Å². The van der Waals surface area contributed by atoms with Gasteiger partial charge in [0, 0.05) is 11.6 Å². The van der Waals surface area contributed by atoms with Gasteiger partial charge in [-0.3, -0.25) is 5.10 Å². The number of fused-ring (bicyclic) bond motifs is 1. The predicted octanol–water partition coefficient (Wildman–Crippen LogP) is 2.50. The highest BCUT2D eigenvalue weighted by molar-refractivity contribution is 9.10. The molecule has 1 aliphatic heterocycles. The summed E-state index contributed by atoms with van der Waals surface area (Å²) < 4.78 is 12.1. The van der Waals surface area contributed by atoms with Gasteiger partial charge in [0.1, 0.15) is 19.0 Å². The van der Waals surface area contributed by atoms with E-state index < -0.39 is 0 Å².